The maximum absolute atomic E-state index is 13.1. The van der Waals surface area contributed by atoms with Crippen LogP contribution in [0.5, 0.6) is 0 Å². The van der Waals surface area contributed by atoms with Gasteiger partial charge in [-0.2, -0.15) is 0 Å². The lowest BCUT2D eigenvalue weighted by Crippen LogP contribution is -2.49. The van der Waals surface area contributed by atoms with E-state index in [1.165, 1.54) is 17.0 Å². The summed E-state index contributed by atoms with van der Waals surface area (Å²) in [6, 6.07) is 14.9. The van der Waals surface area contributed by atoms with Crippen LogP contribution in [0.3, 0.4) is 0 Å². The fourth-order valence-electron chi connectivity index (χ4n) is 3.22. The zero-order valence-corrected chi connectivity index (χ0v) is 16.7. The van der Waals surface area contributed by atoms with Crippen LogP contribution in [0.2, 0.25) is 0 Å². The molecule has 1 heterocycles. The molecule has 0 atom stereocenters. The molecule has 3 rings (SSSR count). The summed E-state index contributed by atoms with van der Waals surface area (Å²) in [5, 5.41) is 0. The quantitative estimate of drug-likeness (QED) is 0.711. The Morgan fingerprint density at radius 2 is 1.67 bits per heavy atom. The Morgan fingerprint density at radius 3 is 2.26 bits per heavy atom. The first-order valence-corrected chi connectivity index (χ1v) is 10.4. The molecule has 144 valence electrons. The molecule has 0 aromatic heterocycles. The summed E-state index contributed by atoms with van der Waals surface area (Å²) in [6.45, 7) is 4.43. The number of hydrogen-bond donors (Lipinski definition) is 0. The van der Waals surface area contributed by atoms with Gasteiger partial charge in [-0.25, -0.2) is 4.39 Å². The highest BCUT2D eigenvalue weighted by atomic mass is 32.2. The van der Waals surface area contributed by atoms with Crippen molar-refractivity contribution in [3.05, 3.63) is 59.9 Å². The lowest BCUT2D eigenvalue weighted by atomic mass is 10.2. The van der Waals surface area contributed by atoms with Gasteiger partial charge in [0.2, 0.25) is 5.91 Å². The zero-order chi connectivity index (χ0) is 19.2. The van der Waals surface area contributed by atoms with Crippen molar-refractivity contribution in [1.82, 2.24) is 9.80 Å². The highest BCUT2D eigenvalue weighted by molar-refractivity contribution is 7.98. The molecule has 1 saturated heterocycles. The van der Waals surface area contributed by atoms with Crippen molar-refractivity contribution in [3.63, 3.8) is 0 Å². The number of carbonyl (C=O) groups excluding carboxylic acids is 1. The van der Waals surface area contributed by atoms with Crippen molar-refractivity contribution in [2.75, 3.05) is 50.9 Å². The number of amides is 1. The van der Waals surface area contributed by atoms with Crippen LogP contribution < -0.4 is 4.90 Å². The molecule has 0 N–H and O–H groups in total. The van der Waals surface area contributed by atoms with E-state index in [1.807, 2.05) is 19.2 Å². The molecular formula is C21H26FN3OS. The summed E-state index contributed by atoms with van der Waals surface area (Å²) in [5.74, 6) is -0.0757. The van der Waals surface area contributed by atoms with E-state index in [0.29, 0.717) is 13.1 Å². The van der Waals surface area contributed by atoms with Gasteiger partial charge < -0.3 is 9.80 Å². The number of piperazine rings is 1. The smallest absolute Gasteiger partial charge is 0.236 e. The van der Waals surface area contributed by atoms with Crippen molar-refractivity contribution in [2.45, 2.75) is 11.4 Å². The lowest BCUT2D eigenvalue weighted by Gasteiger charge is -2.36. The van der Waals surface area contributed by atoms with E-state index in [4.69, 9.17) is 0 Å². The number of halogens is 1. The molecule has 0 saturated carbocycles. The maximum Gasteiger partial charge on any atom is 0.236 e. The van der Waals surface area contributed by atoms with Gasteiger partial charge in [0, 0.05) is 50.4 Å². The summed E-state index contributed by atoms with van der Waals surface area (Å²) in [5.41, 5.74) is 2.18. The van der Waals surface area contributed by atoms with Gasteiger partial charge in [0.05, 0.1) is 6.54 Å². The Labute approximate surface area is 164 Å². The molecule has 6 heteroatoms. The fraction of sp³-hybridized carbons (Fsp3) is 0.381. The van der Waals surface area contributed by atoms with Crippen LogP contribution in [0.15, 0.2) is 53.4 Å². The number of carbonyl (C=O) groups is 1. The Kier molecular flexibility index (Phi) is 6.74. The summed E-state index contributed by atoms with van der Waals surface area (Å²) >= 11 is 1.72. The van der Waals surface area contributed by atoms with E-state index in [1.54, 1.807) is 16.7 Å². The molecule has 0 spiro atoms. The first-order valence-electron chi connectivity index (χ1n) is 9.15. The average molecular weight is 388 g/mol. The number of rotatable bonds is 6. The monoisotopic (exact) mass is 387 g/mol. The first kappa shape index (κ1) is 19.7. The normalized spacial score (nSPS) is 15.0. The third-order valence-electron chi connectivity index (χ3n) is 4.93. The third-order valence-corrected chi connectivity index (χ3v) is 5.67. The first-order chi connectivity index (χ1) is 13.0. The Balaban J connectivity index is 1.46. The minimum absolute atomic E-state index is 0.138. The largest absolute Gasteiger partial charge is 0.369 e. The lowest BCUT2D eigenvalue weighted by molar-refractivity contribution is -0.131. The van der Waals surface area contributed by atoms with Gasteiger partial charge in [0.1, 0.15) is 5.82 Å². The van der Waals surface area contributed by atoms with Crippen LogP contribution in [-0.4, -0.2) is 61.7 Å². The predicted octanol–water partition coefficient (Wildman–Crippen LogP) is 3.33. The van der Waals surface area contributed by atoms with Gasteiger partial charge >= 0.3 is 0 Å². The van der Waals surface area contributed by atoms with Crippen molar-refractivity contribution in [1.29, 1.82) is 0 Å². The Hall–Kier alpha value is -2.05. The average Bonchev–Trinajstić information content (AvgIpc) is 2.70. The number of anilines is 1. The van der Waals surface area contributed by atoms with E-state index in [0.717, 1.165) is 37.4 Å². The second-order valence-electron chi connectivity index (χ2n) is 6.84. The van der Waals surface area contributed by atoms with Crippen molar-refractivity contribution in [2.24, 2.45) is 0 Å². The number of thioether (sulfide) groups is 1. The predicted molar refractivity (Wildman–Crippen MR) is 110 cm³/mol. The molecule has 0 aliphatic carbocycles. The number of hydrogen-bond acceptors (Lipinski definition) is 4. The van der Waals surface area contributed by atoms with Gasteiger partial charge in [-0.05, 0) is 48.2 Å². The molecule has 1 aliphatic heterocycles. The fourth-order valence-corrected chi connectivity index (χ4v) is 3.63. The molecule has 0 unspecified atom stereocenters. The maximum atomic E-state index is 13.1. The summed E-state index contributed by atoms with van der Waals surface area (Å²) in [4.78, 5) is 20.0. The van der Waals surface area contributed by atoms with Crippen molar-refractivity contribution < 1.29 is 9.18 Å². The summed E-state index contributed by atoms with van der Waals surface area (Å²) in [6.07, 6.45) is 2.06. The van der Waals surface area contributed by atoms with Crippen LogP contribution in [0.25, 0.3) is 0 Å². The van der Waals surface area contributed by atoms with Gasteiger partial charge in [0.15, 0.2) is 0 Å². The van der Waals surface area contributed by atoms with Crippen LogP contribution >= 0.6 is 11.8 Å². The molecule has 0 radical (unpaired) electrons. The van der Waals surface area contributed by atoms with E-state index in [-0.39, 0.29) is 11.7 Å². The van der Waals surface area contributed by atoms with Crippen LogP contribution in [-0.2, 0) is 11.3 Å². The van der Waals surface area contributed by atoms with Crippen molar-refractivity contribution >= 4 is 23.4 Å². The molecule has 27 heavy (non-hydrogen) atoms. The van der Waals surface area contributed by atoms with Crippen LogP contribution in [0, 0.1) is 5.82 Å². The molecule has 2 aromatic carbocycles. The molecule has 0 bridgehead atoms. The number of likely N-dealkylation sites (N-methyl/N-ethyl adjacent to an activating group) is 1. The molecular weight excluding hydrogens is 361 g/mol. The second-order valence-corrected chi connectivity index (χ2v) is 7.72. The molecule has 2 aromatic rings. The van der Waals surface area contributed by atoms with E-state index in [2.05, 4.69) is 40.3 Å². The Morgan fingerprint density at radius 1 is 1.04 bits per heavy atom. The van der Waals surface area contributed by atoms with Crippen molar-refractivity contribution in [3.8, 4) is 0 Å². The molecule has 1 amide bonds. The van der Waals surface area contributed by atoms with Gasteiger partial charge in [0.25, 0.3) is 0 Å². The highest BCUT2D eigenvalue weighted by Gasteiger charge is 2.20. The zero-order valence-electron chi connectivity index (χ0n) is 15.9. The summed E-state index contributed by atoms with van der Waals surface area (Å²) < 4.78 is 13.1. The third kappa shape index (κ3) is 5.47. The van der Waals surface area contributed by atoms with E-state index < -0.39 is 0 Å². The minimum atomic E-state index is -0.214. The van der Waals surface area contributed by atoms with Crippen LogP contribution in [0.4, 0.5) is 10.1 Å². The van der Waals surface area contributed by atoms with Gasteiger partial charge in [-0.1, -0.05) is 12.1 Å². The SMILES string of the molecule is CSc1ccc(CN(C)C(=O)CN2CCN(c3ccc(F)cc3)CC2)cc1. The number of nitrogens with zero attached hydrogens (tertiary/aromatic N) is 3. The van der Waals surface area contributed by atoms with E-state index >= 15 is 0 Å². The number of benzene rings is 2. The molecule has 1 aliphatic rings. The van der Waals surface area contributed by atoms with Crippen LogP contribution in [0.1, 0.15) is 5.56 Å². The molecule has 1 fully saturated rings. The van der Waals surface area contributed by atoms with E-state index in [9.17, 15) is 9.18 Å². The second kappa shape index (κ2) is 9.24. The summed E-state index contributed by atoms with van der Waals surface area (Å²) in [7, 11) is 1.86. The van der Waals surface area contributed by atoms with Gasteiger partial charge in [-0.3, -0.25) is 9.69 Å². The standard InChI is InChI=1S/C21H26FN3OS/c1-23(15-17-3-9-20(27-2)10-4-17)21(26)16-24-11-13-25(14-12-24)19-7-5-18(22)6-8-19/h3-10H,11-16H2,1-2H3. The van der Waals surface area contributed by atoms with Gasteiger partial charge in [-0.15, -0.1) is 11.8 Å². The minimum Gasteiger partial charge on any atom is -0.369 e. The topological polar surface area (TPSA) is 26.8 Å². The Bertz CT molecular complexity index is 743. The highest BCUT2D eigenvalue weighted by Crippen LogP contribution is 2.18. The molecule has 4 nitrogen and oxygen atoms in total.